The molecule has 0 aromatic heterocycles. The first-order chi connectivity index (χ1) is 10.7. The summed E-state index contributed by atoms with van der Waals surface area (Å²) in [7, 11) is 0. The lowest BCUT2D eigenvalue weighted by Crippen LogP contribution is -2.29. The SMILES string of the molecule is O=C(O)C[C@H](NCC1CC=CCC1)c1ccc2c(c1)OCO2. The second kappa shape index (κ2) is 6.83. The topological polar surface area (TPSA) is 67.8 Å². The molecule has 118 valence electrons. The first-order valence-electron chi connectivity index (χ1n) is 7.72. The van der Waals surface area contributed by atoms with E-state index in [4.69, 9.17) is 14.6 Å². The minimum Gasteiger partial charge on any atom is -0.481 e. The molecule has 1 unspecified atom stereocenters. The maximum Gasteiger partial charge on any atom is 0.305 e. The number of hydrogen-bond acceptors (Lipinski definition) is 4. The van der Waals surface area contributed by atoms with Gasteiger partial charge in [-0.1, -0.05) is 18.2 Å². The molecule has 2 atom stereocenters. The molecular formula is C17H21NO4. The Hall–Kier alpha value is -2.01. The van der Waals surface area contributed by atoms with Crippen LogP contribution in [0.15, 0.2) is 30.4 Å². The van der Waals surface area contributed by atoms with Crippen LogP contribution in [0.1, 0.15) is 37.3 Å². The van der Waals surface area contributed by atoms with E-state index in [1.807, 2.05) is 18.2 Å². The molecule has 2 aliphatic rings. The van der Waals surface area contributed by atoms with Crippen molar-refractivity contribution in [3.05, 3.63) is 35.9 Å². The number of rotatable bonds is 6. The van der Waals surface area contributed by atoms with Crippen LogP contribution >= 0.6 is 0 Å². The van der Waals surface area contributed by atoms with Gasteiger partial charge in [0.2, 0.25) is 6.79 Å². The third kappa shape index (κ3) is 3.60. The highest BCUT2D eigenvalue weighted by Crippen LogP contribution is 2.35. The number of fused-ring (bicyclic) bond motifs is 1. The van der Waals surface area contributed by atoms with Crippen molar-refractivity contribution < 1.29 is 19.4 Å². The van der Waals surface area contributed by atoms with Gasteiger partial charge >= 0.3 is 5.97 Å². The molecule has 5 nitrogen and oxygen atoms in total. The molecule has 0 radical (unpaired) electrons. The maximum atomic E-state index is 11.2. The highest BCUT2D eigenvalue weighted by Gasteiger charge is 2.21. The van der Waals surface area contributed by atoms with E-state index in [0.29, 0.717) is 11.7 Å². The average molecular weight is 303 g/mol. The number of carboxylic acid groups (broad SMARTS) is 1. The fourth-order valence-electron chi connectivity index (χ4n) is 2.96. The highest BCUT2D eigenvalue weighted by atomic mass is 16.7. The zero-order chi connectivity index (χ0) is 15.4. The van der Waals surface area contributed by atoms with Crippen LogP contribution in [0.25, 0.3) is 0 Å². The minimum atomic E-state index is -0.807. The molecule has 1 aromatic rings. The van der Waals surface area contributed by atoms with Crippen LogP contribution in [0.2, 0.25) is 0 Å². The van der Waals surface area contributed by atoms with Crippen molar-refractivity contribution in [2.75, 3.05) is 13.3 Å². The number of carbonyl (C=O) groups is 1. The quantitative estimate of drug-likeness (QED) is 0.791. The Morgan fingerprint density at radius 2 is 2.18 bits per heavy atom. The Balaban J connectivity index is 1.68. The molecule has 3 rings (SSSR count). The second-order valence-electron chi connectivity index (χ2n) is 5.82. The van der Waals surface area contributed by atoms with E-state index in [9.17, 15) is 4.79 Å². The van der Waals surface area contributed by atoms with Crippen LogP contribution in [0, 0.1) is 5.92 Å². The van der Waals surface area contributed by atoms with Crippen molar-refractivity contribution >= 4 is 5.97 Å². The predicted octanol–water partition coefficient (Wildman–Crippen LogP) is 2.88. The highest BCUT2D eigenvalue weighted by molar-refractivity contribution is 5.68. The standard InChI is InChI=1S/C17H21NO4/c19-17(20)9-14(18-10-12-4-2-1-3-5-12)13-6-7-15-16(8-13)22-11-21-15/h1-2,6-8,12,14,18H,3-5,9-11H2,(H,19,20)/t12?,14-/m0/s1. The van der Waals surface area contributed by atoms with Gasteiger partial charge in [-0.15, -0.1) is 0 Å². The Kier molecular flexibility index (Phi) is 4.63. The zero-order valence-corrected chi connectivity index (χ0v) is 12.5. The van der Waals surface area contributed by atoms with Crippen molar-refractivity contribution in [2.24, 2.45) is 5.92 Å². The monoisotopic (exact) mass is 303 g/mol. The van der Waals surface area contributed by atoms with Gasteiger partial charge in [-0.05, 0) is 49.4 Å². The minimum absolute atomic E-state index is 0.0577. The van der Waals surface area contributed by atoms with E-state index in [1.165, 1.54) is 0 Å². The van der Waals surface area contributed by atoms with Gasteiger partial charge < -0.3 is 19.9 Å². The largest absolute Gasteiger partial charge is 0.481 e. The summed E-state index contributed by atoms with van der Waals surface area (Å²) in [6.07, 6.45) is 7.81. The number of ether oxygens (including phenoxy) is 2. The smallest absolute Gasteiger partial charge is 0.305 e. The van der Waals surface area contributed by atoms with Crippen molar-refractivity contribution in [1.29, 1.82) is 0 Å². The number of hydrogen-bond donors (Lipinski definition) is 2. The first-order valence-corrected chi connectivity index (χ1v) is 7.72. The maximum absolute atomic E-state index is 11.2. The van der Waals surface area contributed by atoms with Crippen LogP contribution in [0.3, 0.4) is 0 Å². The van der Waals surface area contributed by atoms with E-state index < -0.39 is 5.97 Å². The van der Waals surface area contributed by atoms with Crippen LogP contribution in [-0.4, -0.2) is 24.4 Å². The van der Waals surface area contributed by atoms with E-state index in [1.54, 1.807) is 0 Å². The molecule has 0 fully saturated rings. The number of allylic oxidation sites excluding steroid dienone is 2. The third-order valence-electron chi connectivity index (χ3n) is 4.21. The summed E-state index contributed by atoms with van der Waals surface area (Å²) in [4.78, 5) is 11.2. The van der Waals surface area contributed by atoms with E-state index >= 15 is 0 Å². The molecule has 1 aliphatic carbocycles. The molecule has 0 spiro atoms. The van der Waals surface area contributed by atoms with Crippen molar-refractivity contribution in [1.82, 2.24) is 5.32 Å². The van der Waals surface area contributed by atoms with Crippen molar-refractivity contribution in [3.8, 4) is 11.5 Å². The van der Waals surface area contributed by atoms with Gasteiger partial charge in [0.1, 0.15) is 0 Å². The molecule has 5 heteroatoms. The van der Waals surface area contributed by atoms with Crippen LogP contribution in [0.5, 0.6) is 11.5 Å². The average Bonchev–Trinajstić information content (AvgIpc) is 2.99. The number of benzene rings is 1. The van der Waals surface area contributed by atoms with E-state index in [-0.39, 0.29) is 19.3 Å². The van der Waals surface area contributed by atoms with Gasteiger partial charge in [-0.2, -0.15) is 0 Å². The summed E-state index contributed by atoms with van der Waals surface area (Å²) in [5, 5.41) is 12.6. The normalized spacial score (nSPS) is 20.8. The fraction of sp³-hybridized carbons (Fsp3) is 0.471. The van der Waals surface area contributed by atoms with Crippen LogP contribution in [-0.2, 0) is 4.79 Å². The van der Waals surface area contributed by atoms with Gasteiger partial charge in [0.05, 0.1) is 6.42 Å². The molecule has 1 heterocycles. The first kappa shape index (κ1) is 14.9. The summed E-state index contributed by atoms with van der Waals surface area (Å²) in [5.41, 5.74) is 0.929. The summed E-state index contributed by atoms with van der Waals surface area (Å²) >= 11 is 0. The third-order valence-corrected chi connectivity index (χ3v) is 4.21. The molecule has 0 amide bonds. The van der Waals surface area contributed by atoms with Gasteiger partial charge in [0.15, 0.2) is 11.5 Å². The molecule has 1 aliphatic heterocycles. The molecule has 2 N–H and O–H groups in total. The molecular weight excluding hydrogens is 282 g/mol. The van der Waals surface area contributed by atoms with E-state index in [2.05, 4.69) is 17.5 Å². The lowest BCUT2D eigenvalue weighted by molar-refractivity contribution is -0.137. The lowest BCUT2D eigenvalue weighted by atomic mass is 9.93. The van der Waals surface area contributed by atoms with Crippen molar-refractivity contribution in [2.45, 2.75) is 31.7 Å². The Morgan fingerprint density at radius 1 is 1.32 bits per heavy atom. The molecule has 22 heavy (non-hydrogen) atoms. The Labute approximate surface area is 129 Å². The molecule has 0 saturated heterocycles. The predicted molar refractivity (Wildman–Crippen MR) is 82.0 cm³/mol. The number of carboxylic acids is 1. The van der Waals surface area contributed by atoms with E-state index in [0.717, 1.165) is 37.1 Å². The van der Waals surface area contributed by atoms with Crippen molar-refractivity contribution in [3.63, 3.8) is 0 Å². The summed E-state index contributed by atoms with van der Waals surface area (Å²) in [6, 6.07) is 5.42. The number of nitrogens with one attached hydrogen (secondary N) is 1. The summed E-state index contributed by atoms with van der Waals surface area (Å²) < 4.78 is 10.7. The van der Waals surface area contributed by atoms with Crippen LogP contribution < -0.4 is 14.8 Å². The lowest BCUT2D eigenvalue weighted by Gasteiger charge is -2.23. The number of aliphatic carboxylic acids is 1. The molecule has 0 saturated carbocycles. The zero-order valence-electron chi connectivity index (χ0n) is 12.5. The summed E-state index contributed by atoms with van der Waals surface area (Å²) in [6.45, 7) is 1.06. The Bertz CT molecular complexity index is 570. The molecule has 0 bridgehead atoms. The summed E-state index contributed by atoms with van der Waals surface area (Å²) in [5.74, 6) is 1.18. The van der Waals surface area contributed by atoms with Gasteiger partial charge in [-0.3, -0.25) is 4.79 Å². The van der Waals surface area contributed by atoms with Gasteiger partial charge in [0.25, 0.3) is 0 Å². The fourth-order valence-corrected chi connectivity index (χ4v) is 2.96. The second-order valence-corrected chi connectivity index (χ2v) is 5.82. The Morgan fingerprint density at radius 3 is 2.95 bits per heavy atom. The molecule has 1 aromatic carbocycles. The van der Waals surface area contributed by atoms with Gasteiger partial charge in [0, 0.05) is 6.04 Å². The van der Waals surface area contributed by atoms with Crippen LogP contribution in [0.4, 0.5) is 0 Å². The van der Waals surface area contributed by atoms with Gasteiger partial charge in [-0.25, -0.2) is 0 Å².